The van der Waals surface area contributed by atoms with Crippen LogP contribution in [-0.2, 0) is 6.18 Å². The van der Waals surface area contributed by atoms with Gasteiger partial charge in [-0.25, -0.2) is 4.79 Å². The molecule has 2 atom stereocenters. The molecule has 8 heteroatoms. The number of benzene rings is 1. The van der Waals surface area contributed by atoms with Gasteiger partial charge in [-0.05, 0) is 31.0 Å². The van der Waals surface area contributed by atoms with Gasteiger partial charge in [0, 0.05) is 11.8 Å². The first-order valence-electron chi connectivity index (χ1n) is 8.68. The molecule has 0 N–H and O–H groups in total. The van der Waals surface area contributed by atoms with Crippen molar-refractivity contribution in [1.29, 1.82) is 5.26 Å². The van der Waals surface area contributed by atoms with Crippen molar-refractivity contribution < 1.29 is 22.4 Å². The lowest BCUT2D eigenvalue weighted by Gasteiger charge is -2.31. The Kier molecular flexibility index (Phi) is 4.10. The van der Waals surface area contributed by atoms with Gasteiger partial charge in [0.1, 0.15) is 6.26 Å². The maximum Gasteiger partial charge on any atom is 0.417 e. The molecule has 1 aliphatic heterocycles. The Morgan fingerprint density at radius 2 is 1.74 bits per heavy atom. The molecule has 4 rings (SSSR count). The molecule has 1 aliphatic carbocycles. The molecule has 2 fully saturated rings. The van der Waals surface area contributed by atoms with Crippen LogP contribution >= 0.6 is 0 Å². The van der Waals surface area contributed by atoms with Crippen molar-refractivity contribution in [3.05, 3.63) is 47.9 Å². The third-order valence-electron chi connectivity index (χ3n) is 5.26. The summed E-state index contributed by atoms with van der Waals surface area (Å²) in [4.78, 5) is 16.2. The summed E-state index contributed by atoms with van der Waals surface area (Å²) in [5.74, 6) is 0. The lowest BCUT2D eigenvalue weighted by atomic mass is 9.89. The van der Waals surface area contributed by atoms with E-state index in [1.54, 1.807) is 17.0 Å². The second-order valence-corrected chi connectivity index (χ2v) is 6.76. The molecule has 27 heavy (non-hydrogen) atoms. The number of carbonyl (C=O) groups is 1. The number of halogens is 3. The molecule has 0 radical (unpaired) electrons. The maximum atomic E-state index is 13.4. The Balaban J connectivity index is 1.79. The predicted octanol–water partition coefficient (Wildman–Crippen LogP) is 4.93. The summed E-state index contributed by atoms with van der Waals surface area (Å²) in [5, 5.41) is 9.00. The van der Waals surface area contributed by atoms with Crippen molar-refractivity contribution in [2.45, 2.75) is 43.9 Å². The third-order valence-corrected chi connectivity index (χ3v) is 5.26. The summed E-state index contributed by atoms with van der Waals surface area (Å²) in [6, 6.07) is 5.99. The highest BCUT2D eigenvalue weighted by Gasteiger charge is 2.48. The van der Waals surface area contributed by atoms with E-state index in [2.05, 4.69) is 0 Å². The lowest BCUT2D eigenvalue weighted by Crippen LogP contribution is -2.40. The van der Waals surface area contributed by atoms with Gasteiger partial charge in [-0.15, -0.1) is 0 Å². The standard InChI is InChI=1S/C19H16F3N3O2/c20-19(21,22)15-9-13(6-5-12(15)10-23)24-16-3-1-2-4-17(16)25(18(24)26)14-7-8-27-11-14/h5-9,11,16-17H,1-4H2/t16-,17-/m0/s1. The highest BCUT2D eigenvalue weighted by molar-refractivity contribution is 6.07. The molecule has 140 valence electrons. The summed E-state index contributed by atoms with van der Waals surface area (Å²) in [6.07, 6.45) is 1.62. The number of nitriles is 1. The minimum atomic E-state index is -4.67. The Labute approximate surface area is 153 Å². The average molecular weight is 375 g/mol. The van der Waals surface area contributed by atoms with Crippen LogP contribution in [0, 0.1) is 11.3 Å². The first-order valence-corrected chi connectivity index (χ1v) is 8.68. The fraction of sp³-hybridized carbons (Fsp3) is 0.368. The number of amides is 2. The van der Waals surface area contributed by atoms with Crippen LogP contribution in [0.1, 0.15) is 36.8 Å². The average Bonchev–Trinajstić information content (AvgIpc) is 3.25. The number of furan rings is 1. The molecule has 1 saturated carbocycles. The predicted molar refractivity (Wildman–Crippen MR) is 91.3 cm³/mol. The molecule has 2 amide bonds. The number of nitrogens with zero attached hydrogens (tertiary/aromatic N) is 3. The molecular weight excluding hydrogens is 359 g/mol. The molecule has 0 bridgehead atoms. The molecule has 2 heterocycles. The summed E-state index contributed by atoms with van der Waals surface area (Å²) >= 11 is 0. The van der Waals surface area contributed by atoms with E-state index in [9.17, 15) is 18.0 Å². The number of alkyl halides is 3. The van der Waals surface area contributed by atoms with Crippen molar-refractivity contribution in [2.75, 3.05) is 9.80 Å². The zero-order valence-corrected chi connectivity index (χ0v) is 14.2. The van der Waals surface area contributed by atoms with Crippen LogP contribution in [0.2, 0.25) is 0 Å². The second kappa shape index (κ2) is 6.34. The van der Waals surface area contributed by atoms with Crippen molar-refractivity contribution >= 4 is 17.4 Å². The summed E-state index contributed by atoms with van der Waals surface area (Å²) < 4.78 is 45.2. The van der Waals surface area contributed by atoms with Crippen LogP contribution in [-0.4, -0.2) is 18.1 Å². The Bertz CT molecular complexity index is 902. The minimum Gasteiger partial charge on any atom is -0.470 e. The van der Waals surface area contributed by atoms with Crippen LogP contribution in [0.4, 0.5) is 29.3 Å². The largest absolute Gasteiger partial charge is 0.470 e. The quantitative estimate of drug-likeness (QED) is 0.748. The van der Waals surface area contributed by atoms with Crippen molar-refractivity contribution in [1.82, 2.24) is 0 Å². The molecule has 5 nitrogen and oxygen atoms in total. The molecule has 0 spiro atoms. The van der Waals surface area contributed by atoms with Crippen LogP contribution in [0.15, 0.2) is 41.2 Å². The molecule has 2 aromatic rings. The van der Waals surface area contributed by atoms with Gasteiger partial charge in [0.2, 0.25) is 0 Å². The summed E-state index contributed by atoms with van der Waals surface area (Å²) in [5.41, 5.74) is -0.715. The van der Waals surface area contributed by atoms with E-state index in [4.69, 9.17) is 9.68 Å². The van der Waals surface area contributed by atoms with Crippen LogP contribution in [0.25, 0.3) is 0 Å². The van der Waals surface area contributed by atoms with E-state index in [0.717, 1.165) is 31.4 Å². The number of urea groups is 1. The first-order chi connectivity index (χ1) is 12.9. The molecular formula is C19H16F3N3O2. The Morgan fingerprint density at radius 3 is 2.30 bits per heavy atom. The van der Waals surface area contributed by atoms with Gasteiger partial charge in [0.15, 0.2) is 0 Å². The monoisotopic (exact) mass is 375 g/mol. The van der Waals surface area contributed by atoms with Crippen LogP contribution in [0.5, 0.6) is 0 Å². The van der Waals surface area contributed by atoms with Crippen molar-refractivity contribution in [3.63, 3.8) is 0 Å². The van der Waals surface area contributed by atoms with Crippen LogP contribution < -0.4 is 9.80 Å². The first kappa shape index (κ1) is 17.5. The molecule has 1 aromatic heterocycles. The van der Waals surface area contributed by atoms with E-state index in [0.29, 0.717) is 12.1 Å². The maximum absolute atomic E-state index is 13.4. The number of hydrogen-bond acceptors (Lipinski definition) is 3. The van der Waals surface area contributed by atoms with E-state index in [-0.39, 0.29) is 23.8 Å². The Morgan fingerprint density at radius 1 is 1.07 bits per heavy atom. The summed E-state index contributed by atoms with van der Waals surface area (Å²) in [7, 11) is 0. The zero-order chi connectivity index (χ0) is 19.2. The minimum absolute atomic E-state index is 0.117. The number of anilines is 2. The van der Waals surface area contributed by atoms with Crippen LogP contribution in [0.3, 0.4) is 0 Å². The van der Waals surface area contributed by atoms with Crippen molar-refractivity contribution in [2.24, 2.45) is 0 Å². The molecule has 1 aromatic carbocycles. The Hall–Kier alpha value is -2.95. The van der Waals surface area contributed by atoms with Gasteiger partial charge >= 0.3 is 12.2 Å². The van der Waals surface area contributed by atoms with E-state index in [1.807, 2.05) is 0 Å². The fourth-order valence-corrected chi connectivity index (χ4v) is 4.11. The van der Waals surface area contributed by atoms with Gasteiger partial charge < -0.3 is 4.42 Å². The number of fused-ring (bicyclic) bond motifs is 1. The van der Waals surface area contributed by atoms with Gasteiger partial charge in [0.05, 0.1) is 41.2 Å². The summed E-state index contributed by atoms with van der Waals surface area (Å²) in [6.45, 7) is 0. The number of hydrogen-bond donors (Lipinski definition) is 0. The van der Waals surface area contributed by atoms with Gasteiger partial charge in [-0.3, -0.25) is 9.80 Å². The van der Waals surface area contributed by atoms with Gasteiger partial charge in [-0.1, -0.05) is 12.8 Å². The smallest absolute Gasteiger partial charge is 0.417 e. The topological polar surface area (TPSA) is 60.5 Å². The zero-order valence-electron chi connectivity index (χ0n) is 14.2. The third kappa shape index (κ3) is 2.83. The highest BCUT2D eigenvalue weighted by Crippen LogP contribution is 2.42. The number of carbonyl (C=O) groups excluding carboxylic acids is 1. The normalized spacial score (nSPS) is 22.7. The fourth-order valence-electron chi connectivity index (χ4n) is 4.11. The molecule has 2 aliphatic rings. The van der Waals surface area contributed by atoms with E-state index < -0.39 is 17.3 Å². The van der Waals surface area contributed by atoms with E-state index >= 15 is 0 Å². The van der Waals surface area contributed by atoms with Gasteiger partial charge in [-0.2, -0.15) is 18.4 Å². The molecule has 0 unspecified atom stereocenters. The lowest BCUT2D eigenvalue weighted by molar-refractivity contribution is -0.137. The second-order valence-electron chi connectivity index (χ2n) is 6.76. The van der Waals surface area contributed by atoms with Crippen molar-refractivity contribution in [3.8, 4) is 6.07 Å². The SMILES string of the molecule is N#Cc1ccc(N2C(=O)N(c3ccoc3)[C@H]3CCCC[C@@H]32)cc1C(F)(F)F. The molecule has 1 saturated heterocycles. The highest BCUT2D eigenvalue weighted by atomic mass is 19.4. The van der Waals surface area contributed by atoms with E-state index in [1.165, 1.54) is 23.5 Å². The number of rotatable bonds is 2. The van der Waals surface area contributed by atoms with Gasteiger partial charge in [0.25, 0.3) is 0 Å².